The van der Waals surface area contributed by atoms with E-state index in [0.717, 1.165) is 29.8 Å². The SMILES string of the molecule is Cl.FCCCCn1c(CCl)nc2ccccc21. The van der Waals surface area contributed by atoms with Crippen LogP contribution in [-0.2, 0) is 12.4 Å². The van der Waals surface area contributed by atoms with E-state index in [0.29, 0.717) is 12.3 Å². The second kappa shape index (κ2) is 6.82. The van der Waals surface area contributed by atoms with Crippen LogP contribution in [0.3, 0.4) is 0 Å². The lowest BCUT2D eigenvalue weighted by molar-refractivity contribution is 0.447. The highest BCUT2D eigenvalue weighted by atomic mass is 35.5. The normalized spacial score (nSPS) is 10.5. The van der Waals surface area contributed by atoms with Crippen molar-refractivity contribution in [2.75, 3.05) is 6.67 Å². The number of benzene rings is 1. The molecule has 0 unspecified atom stereocenters. The summed E-state index contributed by atoms with van der Waals surface area (Å²) in [5.41, 5.74) is 2.04. The van der Waals surface area contributed by atoms with Crippen LogP contribution in [0.2, 0.25) is 0 Å². The summed E-state index contributed by atoms with van der Waals surface area (Å²) < 4.78 is 14.1. The predicted molar refractivity (Wildman–Crippen MR) is 71.7 cm³/mol. The molecule has 0 saturated carbocycles. The van der Waals surface area contributed by atoms with Crippen LogP contribution >= 0.6 is 24.0 Å². The van der Waals surface area contributed by atoms with Crippen LogP contribution in [0, 0.1) is 0 Å². The standard InChI is InChI=1S/C12H14ClFN2.ClH/c13-9-12-15-10-5-1-2-6-11(10)16(12)8-4-3-7-14;/h1-2,5-6H,3-4,7-9H2;1H. The molecule has 0 radical (unpaired) electrons. The molecule has 0 amide bonds. The van der Waals surface area contributed by atoms with Crippen molar-refractivity contribution in [1.82, 2.24) is 9.55 Å². The smallest absolute Gasteiger partial charge is 0.124 e. The van der Waals surface area contributed by atoms with Crippen LogP contribution in [0.5, 0.6) is 0 Å². The number of para-hydroxylation sites is 2. The van der Waals surface area contributed by atoms with Gasteiger partial charge in [-0.2, -0.15) is 0 Å². The molecule has 17 heavy (non-hydrogen) atoms. The minimum Gasteiger partial charge on any atom is -0.327 e. The summed E-state index contributed by atoms with van der Waals surface area (Å²) in [6.07, 6.45) is 1.41. The van der Waals surface area contributed by atoms with Crippen molar-refractivity contribution in [2.45, 2.75) is 25.3 Å². The molecule has 2 nitrogen and oxygen atoms in total. The molecule has 1 heterocycles. The van der Waals surface area contributed by atoms with Gasteiger partial charge in [0.25, 0.3) is 0 Å². The fraction of sp³-hybridized carbons (Fsp3) is 0.417. The van der Waals surface area contributed by atoms with Crippen LogP contribution in [0.25, 0.3) is 11.0 Å². The third-order valence-corrected chi connectivity index (χ3v) is 2.86. The molecular weight excluding hydrogens is 262 g/mol. The van der Waals surface area contributed by atoms with E-state index in [1.807, 2.05) is 24.3 Å². The Morgan fingerprint density at radius 2 is 2.00 bits per heavy atom. The Balaban J connectivity index is 0.00000144. The van der Waals surface area contributed by atoms with Crippen LogP contribution in [0.1, 0.15) is 18.7 Å². The zero-order valence-corrected chi connectivity index (χ0v) is 11.0. The lowest BCUT2D eigenvalue weighted by Gasteiger charge is -2.06. The van der Waals surface area contributed by atoms with Gasteiger partial charge in [0.2, 0.25) is 0 Å². The van der Waals surface area contributed by atoms with Gasteiger partial charge in [-0.3, -0.25) is 4.39 Å². The molecule has 2 rings (SSSR count). The second-order valence-electron chi connectivity index (χ2n) is 3.70. The highest BCUT2D eigenvalue weighted by Crippen LogP contribution is 2.18. The Bertz CT molecular complexity index is 470. The van der Waals surface area contributed by atoms with E-state index in [4.69, 9.17) is 11.6 Å². The number of rotatable bonds is 5. The Morgan fingerprint density at radius 1 is 1.24 bits per heavy atom. The molecule has 0 aliphatic heterocycles. The van der Waals surface area contributed by atoms with E-state index >= 15 is 0 Å². The van der Waals surface area contributed by atoms with Gasteiger partial charge in [0.1, 0.15) is 5.82 Å². The Hall–Kier alpha value is -0.800. The minimum atomic E-state index is -0.261. The summed E-state index contributed by atoms with van der Waals surface area (Å²) in [5.74, 6) is 1.26. The van der Waals surface area contributed by atoms with Crippen LogP contribution in [0.4, 0.5) is 4.39 Å². The van der Waals surface area contributed by atoms with Crippen LogP contribution in [-0.4, -0.2) is 16.2 Å². The maximum absolute atomic E-state index is 12.1. The van der Waals surface area contributed by atoms with Crippen molar-refractivity contribution in [3.63, 3.8) is 0 Å². The number of aromatic nitrogens is 2. The zero-order chi connectivity index (χ0) is 11.4. The largest absolute Gasteiger partial charge is 0.327 e. The van der Waals surface area contributed by atoms with Crippen molar-refractivity contribution < 1.29 is 4.39 Å². The number of fused-ring (bicyclic) bond motifs is 1. The second-order valence-corrected chi connectivity index (χ2v) is 3.97. The van der Waals surface area contributed by atoms with E-state index in [1.54, 1.807) is 0 Å². The summed E-state index contributed by atoms with van der Waals surface area (Å²) in [5, 5.41) is 0. The fourth-order valence-corrected chi connectivity index (χ4v) is 2.05. The molecule has 94 valence electrons. The first-order valence-electron chi connectivity index (χ1n) is 5.43. The molecule has 0 N–H and O–H groups in total. The van der Waals surface area contributed by atoms with Gasteiger partial charge < -0.3 is 4.57 Å². The number of halogens is 3. The quantitative estimate of drug-likeness (QED) is 0.597. The van der Waals surface area contributed by atoms with Crippen molar-refractivity contribution >= 4 is 35.0 Å². The minimum absolute atomic E-state index is 0. The van der Waals surface area contributed by atoms with E-state index in [9.17, 15) is 4.39 Å². The molecule has 0 aliphatic rings. The number of nitrogens with zero attached hydrogens (tertiary/aromatic N) is 2. The topological polar surface area (TPSA) is 17.8 Å². The molecule has 1 aromatic carbocycles. The Labute approximate surface area is 111 Å². The van der Waals surface area contributed by atoms with Crippen LogP contribution in [0.15, 0.2) is 24.3 Å². The third-order valence-electron chi connectivity index (χ3n) is 2.62. The number of aryl methyl sites for hydroxylation is 1. The molecule has 2 aromatic rings. The van der Waals surface area contributed by atoms with Gasteiger partial charge >= 0.3 is 0 Å². The lowest BCUT2D eigenvalue weighted by Crippen LogP contribution is -2.02. The van der Waals surface area contributed by atoms with Crippen molar-refractivity contribution in [3.8, 4) is 0 Å². The maximum atomic E-state index is 12.1. The molecule has 5 heteroatoms. The highest BCUT2D eigenvalue weighted by Gasteiger charge is 2.08. The van der Waals surface area contributed by atoms with Crippen molar-refractivity contribution in [2.24, 2.45) is 0 Å². The van der Waals surface area contributed by atoms with Gasteiger partial charge in [0.05, 0.1) is 23.6 Å². The van der Waals surface area contributed by atoms with Crippen molar-refractivity contribution in [3.05, 3.63) is 30.1 Å². The summed E-state index contributed by atoms with van der Waals surface area (Å²) in [6.45, 7) is 0.523. The van der Waals surface area contributed by atoms with E-state index < -0.39 is 0 Å². The number of hydrogen-bond donors (Lipinski definition) is 0. The number of hydrogen-bond acceptors (Lipinski definition) is 1. The number of alkyl halides is 2. The average molecular weight is 277 g/mol. The fourth-order valence-electron chi connectivity index (χ4n) is 1.84. The first-order chi connectivity index (χ1) is 7.86. The van der Waals surface area contributed by atoms with Crippen LogP contribution < -0.4 is 0 Å². The van der Waals surface area contributed by atoms with Crippen molar-refractivity contribution in [1.29, 1.82) is 0 Å². The monoisotopic (exact) mass is 276 g/mol. The summed E-state index contributed by atoms with van der Waals surface area (Å²) in [6, 6.07) is 7.93. The third kappa shape index (κ3) is 3.11. The Kier molecular flexibility index (Phi) is 5.72. The van der Waals surface area contributed by atoms with Gasteiger partial charge in [0, 0.05) is 6.54 Å². The van der Waals surface area contributed by atoms with E-state index in [-0.39, 0.29) is 19.1 Å². The van der Waals surface area contributed by atoms with Gasteiger partial charge in [-0.1, -0.05) is 12.1 Å². The molecule has 0 atom stereocenters. The molecule has 0 saturated heterocycles. The van der Waals surface area contributed by atoms with Gasteiger partial charge in [0.15, 0.2) is 0 Å². The maximum Gasteiger partial charge on any atom is 0.124 e. The molecular formula is C12H15Cl2FN2. The molecule has 0 fully saturated rings. The highest BCUT2D eigenvalue weighted by molar-refractivity contribution is 6.16. The van der Waals surface area contributed by atoms with E-state index in [2.05, 4.69) is 9.55 Å². The molecule has 1 aromatic heterocycles. The number of unbranched alkanes of at least 4 members (excludes halogenated alkanes) is 1. The van der Waals surface area contributed by atoms with Gasteiger partial charge in [-0.25, -0.2) is 4.98 Å². The lowest BCUT2D eigenvalue weighted by atomic mass is 10.3. The summed E-state index contributed by atoms with van der Waals surface area (Å²) >= 11 is 5.86. The first kappa shape index (κ1) is 14.3. The predicted octanol–water partition coefficient (Wildman–Crippen LogP) is 3.95. The summed E-state index contributed by atoms with van der Waals surface area (Å²) in [7, 11) is 0. The molecule has 0 bridgehead atoms. The first-order valence-corrected chi connectivity index (χ1v) is 5.96. The zero-order valence-electron chi connectivity index (χ0n) is 9.40. The molecule has 0 aliphatic carbocycles. The summed E-state index contributed by atoms with van der Waals surface area (Å²) in [4.78, 5) is 4.45. The number of imidazole rings is 1. The van der Waals surface area contributed by atoms with Gasteiger partial charge in [-0.15, -0.1) is 24.0 Å². The van der Waals surface area contributed by atoms with Gasteiger partial charge in [-0.05, 0) is 25.0 Å². The Morgan fingerprint density at radius 3 is 2.71 bits per heavy atom. The average Bonchev–Trinajstić information content (AvgIpc) is 2.68. The van der Waals surface area contributed by atoms with E-state index in [1.165, 1.54) is 0 Å². The molecule has 0 spiro atoms.